The topological polar surface area (TPSA) is 29.1 Å². The summed E-state index contributed by atoms with van der Waals surface area (Å²) >= 11 is 4.26. The molecule has 18 heavy (non-hydrogen) atoms. The predicted octanol–water partition coefficient (Wildman–Crippen LogP) is 3.14. The van der Waals surface area contributed by atoms with Crippen LogP contribution in [0.3, 0.4) is 0 Å². The molecule has 3 atom stereocenters. The zero-order chi connectivity index (χ0) is 12.5. The van der Waals surface area contributed by atoms with Crippen molar-refractivity contribution in [2.24, 2.45) is 17.8 Å². The summed E-state index contributed by atoms with van der Waals surface area (Å²) in [5.74, 6) is 2.56. The van der Waals surface area contributed by atoms with Crippen LogP contribution >= 0.6 is 12.6 Å². The maximum absolute atomic E-state index is 12.0. The lowest BCUT2D eigenvalue weighted by molar-refractivity contribution is 0.0941. The van der Waals surface area contributed by atoms with Crippen LogP contribution in [-0.4, -0.2) is 12.5 Å². The molecule has 0 saturated heterocycles. The Morgan fingerprint density at radius 3 is 2.89 bits per heavy atom. The molecule has 0 aliphatic heterocycles. The molecule has 2 aliphatic carbocycles. The van der Waals surface area contributed by atoms with Crippen molar-refractivity contribution < 1.29 is 4.79 Å². The SMILES string of the molecule is O=C(NCC1CC2CCC1C2)c1cccc(S)c1. The Hall–Kier alpha value is -0.960. The molecule has 1 N–H and O–H groups in total. The zero-order valence-corrected chi connectivity index (χ0v) is 11.3. The Morgan fingerprint density at radius 1 is 1.33 bits per heavy atom. The Kier molecular flexibility index (Phi) is 3.33. The lowest BCUT2D eigenvalue weighted by Gasteiger charge is -2.21. The minimum absolute atomic E-state index is 0.0358. The quantitative estimate of drug-likeness (QED) is 0.804. The van der Waals surface area contributed by atoms with Gasteiger partial charge in [-0.25, -0.2) is 0 Å². The fourth-order valence-corrected chi connectivity index (χ4v) is 3.82. The van der Waals surface area contributed by atoms with Gasteiger partial charge in [0.15, 0.2) is 0 Å². The number of nitrogens with one attached hydrogen (secondary N) is 1. The minimum atomic E-state index is 0.0358. The Bertz CT molecular complexity index is 460. The third kappa shape index (κ3) is 2.41. The first kappa shape index (κ1) is 12.1. The largest absolute Gasteiger partial charge is 0.352 e. The molecule has 0 spiro atoms. The van der Waals surface area contributed by atoms with Crippen molar-refractivity contribution in [1.82, 2.24) is 5.32 Å². The number of benzene rings is 1. The van der Waals surface area contributed by atoms with E-state index in [0.29, 0.717) is 11.5 Å². The molecule has 0 aromatic heterocycles. The van der Waals surface area contributed by atoms with Gasteiger partial charge in [0, 0.05) is 17.0 Å². The van der Waals surface area contributed by atoms with E-state index in [2.05, 4.69) is 17.9 Å². The molecule has 1 aromatic rings. The van der Waals surface area contributed by atoms with Crippen LogP contribution in [0, 0.1) is 17.8 Å². The highest BCUT2D eigenvalue weighted by Gasteiger charge is 2.39. The van der Waals surface area contributed by atoms with Gasteiger partial charge in [0.1, 0.15) is 0 Å². The molecule has 96 valence electrons. The van der Waals surface area contributed by atoms with Gasteiger partial charge in [0.05, 0.1) is 0 Å². The van der Waals surface area contributed by atoms with Crippen molar-refractivity contribution in [2.45, 2.75) is 30.6 Å². The van der Waals surface area contributed by atoms with E-state index in [1.807, 2.05) is 24.3 Å². The fraction of sp³-hybridized carbons (Fsp3) is 0.533. The van der Waals surface area contributed by atoms with E-state index in [1.54, 1.807) is 0 Å². The first-order valence-electron chi connectivity index (χ1n) is 6.79. The van der Waals surface area contributed by atoms with Crippen LogP contribution in [-0.2, 0) is 0 Å². The summed E-state index contributed by atoms with van der Waals surface area (Å²) in [5, 5.41) is 3.08. The molecule has 3 heteroatoms. The van der Waals surface area contributed by atoms with E-state index in [9.17, 15) is 4.79 Å². The summed E-state index contributed by atoms with van der Waals surface area (Å²) in [4.78, 5) is 12.9. The number of carbonyl (C=O) groups excluding carboxylic acids is 1. The van der Waals surface area contributed by atoms with E-state index >= 15 is 0 Å². The smallest absolute Gasteiger partial charge is 0.251 e. The average Bonchev–Trinajstić information content (AvgIpc) is 2.98. The molecule has 2 saturated carbocycles. The van der Waals surface area contributed by atoms with E-state index in [0.717, 1.165) is 23.3 Å². The number of fused-ring (bicyclic) bond motifs is 2. The van der Waals surface area contributed by atoms with Crippen LogP contribution in [0.15, 0.2) is 29.2 Å². The lowest BCUT2D eigenvalue weighted by atomic mass is 9.89. The molecule has 2 bridgehead atoms. The van der Waals surface area contributed by atoms with Crippen molar-refractivity contribution in [3.63, 3.8) is 0 Å². The molecule has 1 aromatic carbocycles. The van der Waals surface area contributed by atoms with Crippen molar-refractivity contribution in [3.8, 4) is 0 Å². The van der Waals surface area contributed by atoms with Crippen LogP contribution in [0.4, 0.5) is 0 Å². The number of hydrogen-bond acceptors (Lipinski definition) is 2. The summed E-state index contributed by atoms with van der Waals surface area (Å²) < 4.78 is 0. The van der Waals surface area contributed by atoms with E-state index in [-0.39, 0.29) is 5.91 Å². The monoisotopic (exact) mass is 261 g/mol. The van der Waals surface area contributed by atoms with Crippen LogP contribution in [0.1, 0.15) is 36.0 Å². The minimum Gasteiger partial charge on any atom is -0.352 e. The molecule has 0 radical (unpaired) electrons. The lowest BCUT2D eigenvalue weighted by Crippen LogP contribution is -2.31. The van der Waals surface area contributed by atoms with E-state index < -0.39 is 0 Å². The maximum Gasteiger partial charge on any atom is 0.251 e. The average molecular weight is 261 g/mol. The third-order valence-electron chi connectivity index (χ3n) is 4.52. The fourth-order valence-electron chi connectivity index (χ4n) is 3.60. The Morgan fingerprint density at radius 2 is 2.22 bits per heavy atom. The van der Waals surface area contributed by atoms with Gasteiger partial charge in [-0.15, -0.1) is 12.6 Å². The molecule has 3 unspecified atom stereocenters. The molecule has 2 nitrogen and oxygen atoms in total. The maximum atomic E-state index is 12.0. The Balaban J connectivity index is 1.56. The number of rotatable bonds is 3. The van der Waals surface area contributed by atoms with Gasteiger partial charge in [-0.3, -0.25) is 4.79 Å². The third-order valence-corrected chi connectivity index (χ3v) is 4.80. The molecule has 2 aliphatic rings. The van der Waals surface area contributed by atoms with Crippen molar-refractivity contribution in [3.05, 3.63) is 29.8 Å². The normalized spacial score (nSPS) is 29.5. The van der Waals surface area contributed by atoms with Crippen molar-refractivity contribution in [2.75, 3.05) is 6.54 Å². The Labute approximate surface area is 114 Å². The van der Waals surface area contributed by atoms with Crippen molar-refractivity contribution >= 4 is 18.5 Å². The molecular formula is C15H19NOS. The van der Waals surface area contributed by atoms with Crippen molar-refractivity contribution in [1.29, 1.82) is 0 Å². The van der Waals surface area contributed by atoms with E-state index in [4.69, 9.17) is 0 Å². The number of amides is 1. The summed E-state index contributed by atoms with van der Waals surface area (Å²) in [6.45, 7) is 0.844. The summed E-state index contributed by atoms with van der Waals surface area (Å²) in [7, 11) is 0. The molecular weight excluding hydrogens is 242 g/mol. The zero-order valence-electron chi connectivity index (χ0n) is 10.4. The summed E-state index contributed by atoms with van der Waals surface area (Å²) in [5.41, 5.74) is 0.714. The molecule has 0 heterocycles. The highest BCUT2D eigenvalue weighted by molar-refractivity contribution is 7.80. The number of thiol groups is 1. The van der Waals surface area contributed by atoms with Gasteiger partial charge in [0.25, 0.3) is 5.91 Å². The molecule has 2 fully saturated rings. The second-order valence-corrected chi connectivity index (χ2v) is 6.21. The van der Waals surface area contributed by atoms with Gasteiger partial charge >= 0.3 is 0 Å². The molecule has 3 rings (SSSR count). The first-order chi connectivity index (χ1) is 8.72. The van der Waals surface area contributed by atoms with Gasteiger partial charge < -0.3 is 5.32 Å². The number of carbonyl (C=O) groups is 1. The first-order valence-corrected chi connectivity index (χ1v) is 7.24. The van der Waals surface area contributed by atoms with Gasteiger partial charge in [0.2, 0.25) is 0 Å². The predicted molar refractivity (Wildman–Crippen MR) is 75.0 cm³/mol. The standard InChI is InChI=1S/C15H19NOS/c17-15(12-2-1-3-14(18)8-12)16-9-13-7-10-4-5-11(13)6-10/h1-3,8,10-11,13,18H,4-7,9H2,(H,16,17). The van der Waals surface area contributed by atoms with E-state index in [1.165, 1.54) is 25.7 Å². The van der Waals surface area contributed by atoms with Gasteiger partial charge in [-0.1, -0.05) is 12.5 Å². The highest BCUT2D eigenvalue weighted by Crippen LogP contribution is 2.47. The summed E-state index contributed by atoms with van der Waals surface area (Å²) in [6, 6.07) is 7.42. The summed E-state index contributed by atoms with van der Waals surface area (Å²) in [6.07, 6.45) is 5.50. The van der Waals surface area contributed by atoms with Crippen LogP contribution in [0.25, 0.3) is 0 Å². The van der Waals surface area contributed by atoms with Crippen LogP contribution < -0.4 is 5.32 Å². The van der Waals surface area contributed by atoms with Crippen LogP contribution in [0.2, 0.25) is 0 Å². The molecule has 1 amide bonds. The second-order valence-electron chi connectivity index (χ2n) is 5.70. The highest BCUT2D eigenvalue weighted by atomic mass is 32.1. The second kappa shape index (κ2) is 4.96. The number of hydrogen-bond donors (Lipinski definition) is 2. The van der Waals surface area contributed by atoms with Gasteiger partial charge in [-0.05, 0) is 55.2 Å². The van der Waals surface area contributed by atoms with Gasteiger partial charge in [-0.2, -0.15) is 0 Å². The van der Waals surface area contributed by atoms with Crippen LogP contribution in [0.5, 0.6) is 0 Å².